The molecule has 0 spiro atoms. The normalized spacial score (nSPS) is 14.0. The first kappa shape index (κ1) is 31.3. The molecule has 0 bridgehead atoms. The van der Waals surface area contributed by atoms with E-state index in [9.17, 15) is 9.59 Å². The molecule has 0 unspecified atom stereocenters. The zero-order chi connectivity index (χ0) is 31.1. The smallest absolute Gasteiger partial charge is 0.339 e. The van der Waals surface area contributed by atoms with Crippen molar-refractivity contribution < 1.29 is 14.3 Å². The largest absolute Gasteiger partial charge is 0.456 e. The number of hydrogen-bond acceptors (Lipinski definition) is 4. The fourth-order valence-electron chi connectivity index (χ4n) is 6.00. The maximum Gasteiger partial charge on any atom is 0.339 e. The highest BCUT2D eigenvalue weighted by atomic mass is 16.6. The SMILES string of the molecule is CCCCc1nc2ccc(NC(=O)NCC3CCCCC3)cc2n1Cc1ccc(-c2ccccc2)c(C(=O)OC(C)(C)C)c1. The fourth-order valence-corrected chi connectivity index (χ4v) is 6.00. The molecule has 0 atom stereocenters. The van der Waals surface area contributed by atoms with Crippen molar-refractivity contribution >= 4 is 28.7 Å². The number of fused-ring (bicyclic) bond motifs is 1. The van der Waals surface area contributed by atoms with Crippen molar-refractivity contribution in [2.24, 2.45) is 5.92 Å². The number of ether oxygens (including phenoxy) is 1. The van der Waals surface area contributed by atoms with Gasteiger partial charge in [-0.3, -0.25) is 0 Å². The van der Waals surface area contributed by atoms with Crippen LogP contribution in [-0.4, -0.2) is 33.7 Å². The minimum atomic E-state index is -0.610. The average molecular weight is 595 g/mol. The topological polar surface area (TPSA) is 85.3 Å². The lowest BCUT2D eigenvalue weighted by atomic mass is 9.89. The second kappa shape index (κ2) is 14.1. The van der Waals surface area contributed by atoms with Crippen LogP contribution < -0.4 is 10.6 Å². The third-order valence-electron chi connectivity index (χ3n) is 8.24. The minimum absolute atomic E-state index is 0.175. The van der Waals surface area contributed by atoms with E-state index >= 15 is 0 Å². The van der Waals surface area contributed by atoms with Crippen molar-refractivity contribution in [1.82, 2.24) is 14.9 Å². The summed E-state index contributed by atoms with van der Waals surface area (Å²) < 4.78 is 8.04. The number of anilines is 1. The zero-order valence-corrected chi connectivity index (χ0v) is 26.6. The molecular weight excluding hydrogens is 548 g/mol. The van der Waals surface area contributed by atoms with E-state index in [1.165, 1.54) is 32.1 Å². The lowest BCUT2D eigenvalue weighted by Crippen LogP contribution is -2.33. The number of esters is 1. The molecule has 5 rings (SSSR count). The number of nitrogens with one attached hydrogen (secondary N) is 2. The molecule has 0 radical (unpaired) electrons. The first-order valence-corrected chi connectivity index (χ1v) is 16.2. The van der Waals surface area contributed by atoms with Crippen LogP contribution in [0.3, 0.4) is 0 Å². The van der Waals surface area contributed by atoms with Gasteiger partial charge in [-0.1, -0.05) is 75.1 Å². The Morgan fingerprint density at radius 1 is 0.977 bits per heavy atom. The van der Waals surface area contributed by atoms with Crippen molar-refractivity contribution in [3.8, 4) is 11.1 Å². The summed E-state index contributed by atoms with van der Waals surface area (Å²) in [5.74, 6) is 1.22. The van der Waals surface area contributed by atoms with Gasteiger partial charge >= 0.3 is 12.0 Å². The van der Waals surface area contributed by atoms with Gasteiger partial charge in [-0.2, -0.15) is 0 Å². The van der Waals surface area contributed by atoms with E-state index in [0.29, 0.717) is 24.6 Å². The first-order valence-electron chi connectivity index (χ1n) is 16.2. The maximum atomic E-state index is 13.4. The summed E-state index contributed by atoms with van der Waals surface area (Å²) >= 11 is 0. The molecule has 1 fully saturated rings. The summed E-state index contributed by atoms with van der Waals surface area (Å²) in [7, 11) is 0. The van der Waals surface area contributed by atoms with E-state index in [1.807, 2.05) is 81.4 Å². The van der Waals surface area contributed by atoms with E-state index < -0.39 is 5.60 Å². The number of urea groups is 1. The van der Waals surface area contributed by atoms with Gasteiger partial charge < -0.3 is 19.9 Å². The number of hydrogen-bond donors (Lipinski definition) is 2. The lowest BCUT2D eigenvalue weighted by molar-refractivity contribution is 0.00702. The monoisotopic (exact) mass is 594 g/mol. The quantitative estimate of drug-likeness (QED) is 0.180. The predicted octanol–water partition coefficient (Wildman–Crippen LogP) is 8.75. The van der Waals surface area contributed by atoms with Crippen LogP contribution >= 0.6 is 0 Å². The molecule has 1 saturated carbocycles. The predicted molar refractivity (Wildman–Crippen MR) is 178 cm³/mol. The summed E-state index contributed by atoms with van der Waals surface area (Å²) in [4.78, 5) is 31.2. The lowest BCUT2D eigenvalue weighted by Gasteiger charge is -2.21. The summed E-state index contributed by atoms with van der Waals surface area (Å²) in [6, 6.07) is 21.7. The molecule has 2 amide bonds. The van der Waals surface area contributed by atoms with Crippen LogP contribution in [0.2, 0.25) is 0 Å². The van der Waals surface area contributed by atoms with Crippen molar-refractivity contribution in [2.45, 2.75) is 91.2 Å². The number of aromatic nitrogens is 2. The highest BCUT2D eigenvalue weighted by Crippen LogP contribution is 2.29. The van der Waals surface area contributed by atoms with Gasteiger partial charge in [0, 0.05) is 25.2 Å². The Kier molecular flexibility index (Phi) is 10.0. The highest BCUT2D eigenvalue weighted by molar-refractivity contribution is 5.98. The molecule has 1 aromatic heterocycles. The number of benzene rings is 3. The highest BCUT2D eigenvalue weighted by Gasteiger charge is 2.22. The molecule has 0 saturated heterocycles. The summed E-state index contributed by atoms with van der Waals surface area (Å²) in [5, 5.41) is 6.11. The molecule has 2 N–H and O–H groups in total. The summed E-state index contributed by atoms with van der Waals surface area (Å²) in [6.07, 6.45) is 9.11. The molecule has 7 nitrogen and oxygen atoms in total. The Labute approximate surface area is 261 Å². The molecule has 4 aromatic rings. The summed E-state index contributed by atoms with van der Waals surface area (Å²) in [6.45, 7) is 9.09. The molecule has 7 heteroatoms. The number of aryl methyl sites for hydroxylation is 1. The summed E-state index contributed by atoms with van der Waals surface area (Å²) in [5.41, 5.74) is 5.29. The number of unbranched alkanes of at least 4 members (excludes halogenated alkanes) is 1. The standard InChI is InChI=1S/C37H46N4O3/c1-5-6-17-34-40-32-21-19-29(39-36(43)38-24-26-13-9-7-10-14-26)23-33(32)41(34)25-27-18-20-30(28-15-11-8-12-16-28)31(22-27)35(42)44-37(2,3)4/h8,11-12,15-16,18-23,26H,5-7,9-10,13-14,17,24-25H2,1-4H3,(H2,38,39,43). The Morgan fingerprint density at radius 3 is 2.48 bits per heavy atom. The van der Waals surface area contributed by atoms with Gasteiger partial charge in [0.05, 0.1) is 16.6 Å². The zero-order valence-electron chi connectivity index (χ0n) is 26.6. The Morgan fingerprint density at radius 2 is 1.75 bits per heavy atom. The number of rotatable bonds is 10. The molecule has 44 heavy (non-hydrogen) atoms. The first-order chi connectivity index (χ1) is 21.2. The van der Waals surface area contributed by atoms with E-state index in [0.717, 1.165) is 58.5 Å². The number of carbonyl (C=O) groups is 2. The average Bonchev–Trinajstić information content (AvgIpc) is 3.35. The van der Waals surface area contributed by atoms with E-state index in [-0.39, 0.29) is 12.0 Å². The van der Waals surface area contributed by atoms with Crippen LogP contribution in [-0.2, 0) is 17.7 Å². The third-order valence-corrected chi connectivity index (χ3v) is 8.24. The van der Waals surface area contributed by atoms with Gasteiger partial charge in [-0.05, 0) is 86.9 Å². The fraction of sp³-hybridized carbons (Fsp3) is 0.432. The van der Waals surface area contributed by atoms with Gasteiger partial charge in [0.15, 0.2) is 0 Å². The second-order valence-corrected chi connectivity index (χ2v) is 13.0. The van der Waals surface area contributed by atoms with E-state index in [2.05, 4.69) is 28.2 Å². The van der Waals surface area contributed by atoms with Crippen LogP contribution in [0.5, 0.6) is 0 Å². The van der Waals surface area contributed by atoms with Crippen molar-refractivity contribution in [3.05, 3.63) is 83.7 Å². The molecule has 1 aliphatic rings. The van der Waals surface area contributed by atoms with Gasteiger partial charge in [-0.15, -0.1) is 0 Å². The van der Waals surface area contributed by atoms with Gasteiger partial charge in [0.2, 0.25) is 0 Å². The van der Waals surface area contributed by atoms with E-state index in [4.69, 9.17) is 9.72 Å². The number of amides is 2. The van der Waals surface area contributed by atoms with Gasteiger partial charge in [0.25, 0.3) is 0 Å². The van der Waals surface area contributed by atoms with E-state index in [1.54, 1.807) is 0 Å². The van der Waals surface area contributed by atoms with Crippen LogP contribution in [0.4, 0.5) is 10.5 Å². The third kappa shape index (κ3) is 8.07. The number of imidazole rings is 1. The van der Waals surface area contributed by atoms with Crippen molar-refractivity contribution in [3.63, 3.8) is 0 Å². The van der Waals surface area contributed by atoms with Gasteiger partial charge in [0.1, 0.15) is 11.4 Å². The minimum Gasteiger partial charge on any atom is -0.456 e. The molecule has 1 heterocycles. The van der Waals surface area contributed by atoms with Crippen LogP contribution in [0.25, 0.3) is 22.2 Å². The molecule has 232 valence electrons. The Balaban J connectivity index is 1.44. The second-order valence-electron chi connectivity index (χ2n) is 13.0. The molecule has 1 aliphatic carbocycles. The van der Waals surface area contributed by atoms with Crippen LogP contribution in [0, 0.1) is 5.92 Å². The number of nitrogens with zero attached hydrogens (tertiary/aromatic N) is 2. The van der Waals surface area contributed by atoms with Gasteiger partial charge in [-0.25, -0.2) is 14.6 Å². The van der Waals surface area contributed by atoms with Crippen LogP contribution in [0.1, 0.15) is 94.4 Å². The maximum absolute atomic E-state index is 13.4. The Bertz CT molecular complexity index is 1580. The molecule has 0 aliphatic heterocycles. The molecule has 3 aromatic carbocycles. The Hall–Kier alpha value is -4.13. The number of carbonyl (C=O) groups excluding carboxylic acids is 2. The van der Waals surface area contributed by atoms with Crippen molar-refractivity contribution in [1.29, 1.82) is 0 Å². The van der Waals surface area contributed by atoms with Crippen molar-refractivity contribution in [2.75, 3.05) is 11.9 Å². The molecular formula is C37H46N4O3. The van der Waals surface area contributed by atoms with Crippen LogP contribution in [0.15, 0.2) is 66.7 Å².